The van der Waals surface area contributed by atoms with E-state index in [0.717, 1.165) is 75.5 Å². The van der Waals surface area contributed by atoms with Gasteiger partial charge in [0, 0.05) is 19.3 Å². The summed E-state index contributed by atoms with van der Waals surface area (Å²) in [5, 5.41) is 0. The van der Waals surface area contributed by atoms with Crippen LogP contribution in [0.15, 0.2) is 0 Å². The fraction of sp³-hybridized carbons (Fsp3) is 0.952. The van der Waals surface area contributed by atoms with Crippen LogP contribution in [-0.2, 0) is 28.6 Å². The van der Waals surface area contributed by atoms with Gasteiger partial charge in [-0.15, -0.1) is 0 Å². The molecule has 0 saturated heterocycles. The highest BCUT2D eigenvalue weighted by molar-refractivity contribution is 5.71. The Morgan fingerprint density at radius 3 is 0.632 bits per heavy atom. The second-order valence-corrected chi connectivity index (χ2v) is 22.8. The Morgan fingerprint density at radius 1 is 0.250 bits per heavy atom. The smallest absolute Gasteiger partial charge is 0.306 e. The summed E-state index contributed by atoms with van der Waals surface area (Å²) in [5.74, 6) is 1.69. The fourth-order valence-electron chi connectivity index (χ4n) is 9.53. The number of rotatable bonds is 55. The Hall–Kier alpha value is -1.59. The molecule has 68 heavy (non-hydrogen) atoms. The maximum Gasteiger partial charge on any atom is 0.306 e. The number of carbonyl (C=O) groups is 3. The van der Waals surface area contributed by atoms with E-state index in [2.05, 4.69) is 41.5 Å². The van der Waals surface area contributed by atoms with Gasteiger partial charge in [0.15, 0.2) is 6.10 Å². The normalized spacial score (nSPS) is 12.1. The zero-order chi connectivity index (χ0) is 49.8. The molecule has 404 valence electrons. The third kappa shape index (κ3) is 55.3. The zero-order valence-electron chi connectivity index (χ0n) is 46.9. The van der Waals surface area contributed by atoms with E-state index in [9.17, 15) is 14.4 Å². The molecule has 0 aliphatic rings. The highest BCUT2D eigenvalue weighted by Gasteiger charge is 2.19. The lowest BCUT2D eigenvalue weighted by Gasteiger charge is -2.18. The summed E-state index contributed by atoms with van der Waals surface area (Å²) in [6.07, 6.45) is 56.7. The van der Waals surface area contributed by atoms with Gasteiger partial charge >= 0.3 is 17.9 Å². The van der Waals surface area contributed by atoms with Gasteiger partial charge in [0.1, 0.15) is 13.2 Å². The van der Waals surface area contributed by atoms with Crippen LogP contribution in [0.2, 0.25) is 0 Å². The Kier molecular flexibility index (Phi) is 52.0. The molecule has 0 saturated carbocycles. The molecule has 0 spiro atoms. The second-order valence-electron chi connectivity index (χ2n) is 22.8. The molecule has 6 nitrogen and oxygen atoms in total. The van der Waals surface area contributed by atoms with E-state index in [0.29, 0.717) is 19.3 Å². The van der Waals surface area contributed by atoms with Crippen molar-refractivity contribution in [1.29, 1.82) is 0 Å². The van der Waals surface area contributed by atoms with E-state index < -0.39 is 6.10 Å². The Labute approximate surface area is 425 Å². The predicted molar refractivity (Wildman–Crippen MR) is 293 cm³/mol. The molecule has 0 heterocycles. The third-order valence-electron chi connectivity index (χ3n) is 14.1. The SMILES string of the molecule is CC(C)CCCCCCCCCCCCCCCCCC(=O)O[C@@H](COC(=O)CCCCCCCCCCCCCCCCC(C)C)COC(=O)CCCCCCCCCCCCCCC(C)C. The molecule has 1 atom stereocenters. The topological polar surface area (TPSA) is 78.9 Å². The summed E-state index contributed by atoms with van der Waals surface area (Å²) in [4.78, 5) is 38.2. The maximum absolute atomic E-state index is 12.9. The molecule has 0 radical (unpaired) electrons. The molecule has 6 heteroatoms. The van der Waals surface area contributed by atoms with Crippen LogP contribution in [-0.4, -0.2) is 37.2 Å². The molecule has 0 aromatic heterocycles. The summed E-state index contributed by atoms with van der Waals surface area (Å²) in [5.41, 5.74) is 0. The third-order valence-corrected chi connectivity index (χ3v) is 14.1. The molecule has 0 aliphatic heterocycles. The van der Waals surface area contributed by atoms with Gasteiger partial charge in [-0.3, -0.25) is 14.4 Å². The van der Waals surface area contributed by atoms with Crippen molar-refractivity contribution in [2.45, 2.75) is 349 Å². The zero-order valence-corrected chi connectivity index (χ0v) is 46.9. The Balaban J connectivity index is 4.30. The average molecular weight is 962 g/mol. The van der Waals surface area contributed by atoms with Crippen LogP contribution in [0.4, 0.5) is 0 Å². The molecule has 0 amide bonds. The minimum Gasteiger partial charge on any atom is -0.462 e. The lowest BCUT2D eigenvalue weighted by Crippen LogP contribution is -2.30. The Morgan fingerprint density at radius 2 is 0.426 bits per heavy atom. The molecular formula is C62H120O6. The van der Waals surface area contributed by atoms with E-state index in [1.807, 2.05) is 0 Å². The first-order chi connectivity index (χ1) is 33.1. The van der Waals surface area contributed by atoms with Crippen molar-refractivity contribution in [3.63, 3.8) is 0 Å². The van der Waals surface area contributed by atoms with Gasteiger partial charge in [-0.25, -0.2) is 0 Å². The minimum atomic E-state index is -0.764. The van der Waals surface area contributed by atoms with Crippen molar-refractivity contribution < 1.29 is 28.6 Å². The second kappa shape index (κ2) is 53.2. The fourth-order valence-corrected chi connectivity index (χ4v) is 9.53. The van der Waals surface area contributed by atoms with Gasteiger partial charge in [0.25, 0.3) is 0 Å². The predicted octanol–water partition coefficient (Wildman–Crippen LogP) is 20.3. The van der Waals surface area contributed by atoms with Gasteiger partial charge in [-0.1, -0.05) is 305 Å². The molecule has 0 aromatic rings. The van der Waals surface area contributed by atoms with Crippen LogP contribution in [0, 0.1) is 17.8 Å². The first-order valence-corrected chi connectivity index (χ1v) is 30.6. The van der Waals surface area contributed by atoms with E-state index in [1.165, 1.54) is 225 Å². The molecule has 0 bridgehead atoms. The molecular weight excluding hydrogens is 841 g/mol. The molecule has 0 rings (SSSR count). The monoisotopic (exact) mass is 961 g/mol. The number of hydrogen-bond acceptors (Lipinski definition) is 6. The van der Waals surface area contributed by atoms with E-state index in [-0.39, 0.29) is 31.1 Å². The summed E-state index contributed by atoms with van der Waals surface area (Å²) in [6.45, 7) is 13.8. The largest absolute Gasteiger partial charge is 0.462 e. The average Bonchev–Trinajstić information content (AvgIpc) is 3.30. The number of carbonyl (C=O) groups excluding carboxylic acids is 3. The lowest BCUT2D eigenvalue weighted by atomic mass is 10.0. The summed E-state index contributed by atoms with van der Waals surface area (Å²) >= 11 is 0. The van der Waals surface area contributed by atoms with Gasteiger partial charge in [0.05, 0.1) is 0 Å². The van der Waals surface area contributed by atoms with Crippen LogP contribution in [0.5, 0.6) is 0 Å². The van der Waals surface area contributed by atoms with Crippen molar-refractivity contribution in [1.82, 2.24) is 0 Å². The number of unbranched alkanes of at least 4 members (excludes halogenated alkanes) is 38. The molecule has 0 aromatic carbocycles. The summed E-state index contributed by atoms with van der Waals surface area (Å²) in [6, 6.07) is 0. The first kappa shape index (κ1) is 66.4. The van der Waals surface area contributed by atoms with E-state index in [4.69, 9.17) is 14.2 Å². The Bertz CT molecular complexity index is 1050. The van der Waals surface area contributed by atoms with Crippen molar-refractivity contribution in [2.75, 3.05) is 13.2 Å². The molecule has 0 N–H and O–H groups in total. The van der Waals surface area contributed by atoms with Gasteiger partial charge in [0.2, 0.25) is 0 Å². The van der Waals surface area contributed by atoms with Crippen molar-refractivity contribution in [3.05, 3.63) is 0 Å². The number of hydrogen-bond donors (Lipinski definition) is 0. The van der Waals surface area contributed by atoms with Gasteiger partial charge < -0.3 is 14.2 Å². The maximum atomic E-state index is 12.9. The lowest BCUT2D eigenvalue weighted by molar-refractivity contribution is -0.167. The van der Waals surface area contributed by atoms with Gasteiger partial charge in [-0.05, 0) is 37.0 Å². The number of ether oxygens (including phenoxy) is 3. The highest BCUT2D eigenvalue weighted by atomic mass is 16.6. The van der Waals surface area contributed by atoms with Crippen LogP contribution in [0.3, 0.4) is 0 Å². The summed E-state index contributed by atoms with van der Waals surface area (Å²) < 4.78 is 16.9. The standard InChI is InChI=1S/C62H120O6/c1-56(2)48-42-36-30-24-18-12-8-7-9-15-23-29-35-41-47-53-62(65)68-59(55-67-61(64)52-46-40-34-28-22-17-16-20-26-32-38-44-50-58(5)6)54-66-60(63)51-45-39-33-27-21-14-11-10-13-19-25-31-37-43-49-57(3)4/h56-59H,7-55H2,1-6H3/t59-/m0/s1. The first-order valence-electron chi connectivity index (χ1n) is 30.6. The quantitative estimate of drug-likeness (QED) is 0.0343. The molecule has 0 aliphatic carbocycles. The van der Waals surface area contributed by atoms with Crippen LogP contribution >= 0.6 is 0 Å². The molecule has 0 fully saturated rings. The van der Waals surface area contributed by atoms with Crippen molar-refractivity contribution >= 4 is 17.9 Å². The molecule has 0 unspecified atom stereocenters. The number of esters is 3. The summed E-state index contributed by atoms with van der Waals surface area (Å²) in [7, 11) is 0. The van der Waals surface area contributed by atoms with Crippen LogP contribution < -0.4 is 0 Å². The highest BCUT2D eigenvalue weighted by Crippen LogP contribution is 2.19. The van der Waals surface area contributed by atoms with E-state index in [1.54, 1.807) is 0 Å². The van der Waals surface area contributed by atoms with Crippen molar-refractivity contribution in [2.24, 2.45) is 17.8 Å². The van der Waals surface area contributed by atoms with Crippen LogP contribution in [0.25, 0.3) is 0 Å². The van der Waals surface area contributed by atoms with E-state index >= 15 is 0 Å². The van der Waals surface area contributed by atoms with Crippen LogP contribution in [0.1, 0.15) is 343 Å². The van der Waals surface area contributed by atoms with Crippen molar-refractivity contribution in [3.8, 4) is 0 Å². The minimum absolute atomic E-state index is 0.0629. The van der Waals surface area contributed by atoms with Gasteiger partial charge in [-0.2, -0.15) is 0 Å².